The van der Waals surface area contributed by atoms with Crippen LogP contribution in [0.5, 0.6) is 5.75 Å². The molecule has 0 bridgehead atoms. The molecule has 0 aliphatic heterocycles. The Morgan fingerprint density at radius 1 is 1.10 bits per heavy atom. The minimum Gasteiger partial charge on any atom is -0.491 e. The fraction of sp³-hybridized carbons (Fsp3) is 0.294. The van der Waals surface area contributed by atoms with Gasteiger partial charge in [-0.2, -0.15) is 0 Å². The van der Waals surface area contributed by atoms with Crippen molar-refractivity contribution in [2.45, 2.75) is 19.1 Å². The minimum atomic E-state index is -0.486. The molecule has 112 valence electrons. The summed E-state index contributed by atoms with van der Waals surface area (Å²) >= 11 is 3.38. The average molecular weight is 351 g/mol. The summed E-state index contributed by atoms with van der Waals surface area (Å²) in [6.07, 6.45) is -0.486. The number of nitrogens with two attached hydrogens (primary N) is 1. The Morgan fingerprint density at radius 2 is 1.76 bits per heavy atom. The third-order valence-electron chi connectivity index (χ3n) is 3.34. The van der Waals surface area contributed by atoms with Crippen molar-refractivity contribution in [3.63, 3.8) is 0 Å². The Morgan fingerprint density at radius 3 is 2.43 bits per heavy atom. The van der Waals surface area contributed by atoms with Crippen LogP contribution in [0.15, 0.2) is 59.1 Å². The average Bonchev–Trinajstić information content (AvgIpc) is 2.53. The van der Waals surface area contributed by atoms with Crippen LogP contribution in [-0.4, -0.2) is 24.4 Å². The van der Waals surface area contributed by atoms with E-state index in [1.807, 2.05) is 42.5 Å². The predicted molar refractivity (Wildman–Crippen MR) is 87.3 cm³/mol. The van der Waals surface area contributed by atoms with E-state index in [1.54, 1.807) is 0 Å². The molecule has 0 saturated heterocycles. The first-order valence-electron chi connectivity index (χ1n) is 7.10. The Bertz CT molecular complexity index is 530. The van der Waals surface area contributed by atoms with E-state index < -0.39 is 6.10 Å². The molecule has 0 saturated carbocycles. The molecule has 2 rings (SSSR count). The standard InChI is InChI=1S/C17H20BrNO2/c1-13(14-5-3-2-4-6-14)19-11-16(20)12-21-17-9-7-15(18)8-10-17/h2-10,13,16,19-20H,11-12H2,1H3/p+1/t13-,16+/m0/s1. The van der Waals surface area contributed by atoms with Gasteiger partial charge in [0.2, 0.25) is 0 Å². The van der Waals surface area contributed by atoms with E-state index in [-0.39, 0.29) is 0 Å². The van der Waals surface area contributed by atoms with Gasteiger partial charge >= 0.3 is 0 Å². The highest BCUT2D eigenvalue weighted by atomic mass is 79.9. The Hall–Kier alpha value is -1.36. The van der Waals surface area contributed by atoms with Crippen molar-refractivity contribution < 1.29 is 15.2 Å². The van der Waals surface area contributed by atoms with Crippen LogP contribution in [-0.2, 0) is 0 Å². The summed E-state index contributed by atoms with van der Waals surface area (Å²) in [5.74, 6) is 0.772. The van der Waals surface area contributed by atoms with Crippen LogP contribution < -0.4 is 10.1 Å². The summed E-state index contributed by atoms with van der Waals surface area (Å²) in [5, 5.41) is 12.1. The first-order chi connectivity index (χ1) is 10.1. The molecular weight excluding hydrogens is 330 g/mol. The summed E-state index contributed by atoms with van der Waals surface area (Å²) < 4.78 is 6.58. The number of aliphatic hydroxyl groups is 1. The molecule has 21 heavy (non-hydrogen) atoms. The van der Waals surface area contributed by atoms with Gasteiger partial charge < -0.3 is 15.2 Å². The minimum absolute atomic E-state index is 0.305. The van der Waals surface area contributed by atoms with Gasteiger partial charge in [0, 0.05) is 10.0 Å². The van der Waals surface area contributed by atoms with Gasteiger partial charge in [0.1, 0.15) is 31.0 Å². The second-order valence-corrected chi connectivity index (χ2v) is 6.01. The lowest BCUT2D eigenvalue weighted by molar-refractivity contribution is -0.698. The molecular formula is C17H21BrNO2+. The number of aliphatic hydroxyl groups excluding tert-OH is 1. The van der Waals surface area contributed by atoms with Crippen molar-refractivity contribution in [1.82, 2.24) is 0 Å². The monoisotopic (exact) mass is 350 g/mol. The maximum Gasteiger partial charge on any atom is 0.137 e. The van der Waals surface area contributed by atoms with Crippen LogP contribution in [0.25, 0.3) is 0 Å². The van der Waals surface area contributed by atoms with E-state index in [4.69, 9.17) is 4.74 Å². The third-order valence-corrected chi connectivity index (χ3v) is 3.87. The normalized spacial score (nSPS) is 13.7. The maximum atomic E-state index is 10.00. The summed E-state index contributed by atoms with van der Waals surface area (Å²) in [7, 11) is 0. The van der Waals surface area contributed by atoms with E-state index in [9.17, 15) is 5.11 Å². The van der Waals surface area contributed by atoms with E-state index in [2.05, 4.69) is 40.3 Å². The lowest BCUT2D eigenvalue weighted by Gasteiger charge is -2.15. The summed E-state index contributed by atoms with van der Waals surface area (Å²) in [6, 6.07) is 18.2. The van der Waals surface area contributed by atoms with E-state index in [1.165, 1.54) is 5.56 Å². The highest BCUT2D eigenvalue weighted by Crippen LogP contribution is 2.16. The highest BCUT2D eigenvalue weighted by molar-refractivity contribution is 9.10. The number of hydrogen-bond donors (Lipinski definition) is 2. The van der Waals surface area contributed by atoms with Crippen molar-refractivity contribution in [1.29, 1.82) is 0 Å². The molecule has 0 aliphatic carbocycles. The lowest BCUT2D eigenvalue weighted by Crippen LogP contribution is -2.87. The third kappa shape index (κ3) is 5.50. The van der Waals surface area contributed by atoms with Gasteiger partial charge in [-0.05, 0) is 31.2 Å². The van der Waals surface area contributed by atoms with Gasteiger partial charge in [0.05, 0.1) is 0 Å². The van der Waals surface area contributed by atoms with Crippen molar-refractivity contribution in [2.24, 2.45) is 0 Å². The Balaban J connectivity index is 1.72. The summed E-state index contributed by atoms with van der Waals surface area (Å²) in [5.41, 5.74) is 1.26. The number of ether oxygens (including phenoxy) is 1. The molecule has 0 aliphatic rings. The zero-order valence-electron chi connectivity index (χ0n) is 12.1. The molecule has 2 aromatic carbocycles. The van der Waals surface area contributed by atoms with Crippen LogP contribution in [0.2, 0.25) is 0 Å². The van der Waals surface area contributed by atoms with Gasteiger partial charge in [0.15, 0.2) is 0 Å². The van der Waals surface area contributed by atoms with Gasteiger partial charge in [-0.1, -0.05) is 46.3 Å². The van der Waals surface area contributed by atoms with Crippen LogP contribution in [0.3, 0.4) is 0 Å². The second-order valence-electron chi connectivity index (χ2n) is 5.09. The molecule has 2 aromatic rings. The van der Waals surface area contributed by atoms with Crippen LogP contribution in [0, 0.1) is 0 Å². The zero-order chi connectivity index (χ0) is 15.1. The topological polar surface area (TPSA) is 46.1 Å². The molecule has 0 aromatic heterocycles. The molecule has 2 atom stereocenters. The molecule has 3 nitrogen and oxygen atoms in total. The maximum absolute atomic E-state index is 10.00. The smallest absolute Gasteiger partial charge is 0.137 e. The largest absolute Gasteiger partial charge is 0.491 e. The van der Waals surface area contributed by atoms with Gasteiger partial charge in [-0.25, -0.2) is 0 Å². The fourth-order valence-corrected chi connectivity index (χ4v) is 2.31. The van der Waals surface area contributed by atoms with Crippen LogP contribution in [0.1, 0.15) is 18.5 Å². The molecule has 0 amide bonds. The van der Waals surface area contributed by atoms with E-state index >= 15 is 0 Å². The number of quaternary nitrogens is 1. The first-order valence-corrected chi connectivity index (χ1v) is 7.89. The number of halogens is 1. The molecule has 0 radical (unpaired) electrons. The van der Waals surface area contributed by atoms with Gasteiger partial charge in [-0.15, -0.1) is 0 Å². The highest BCUT2D eigenvalue weighted by Gasteiger charge is 2.12. The SMILES string of the molecule is C[C@H]([NH2+]C[C@@H](O)COc1ccc(Br)cc1)c1ccccc1. The predicted octanol–water partition coefficient (Wildman–Crippen LogP) is 2.51. The van der Waals surface area contributed by atoms with Crippen molar-refractivity contribution in [3.05, 3.63) is 64.6 Å². The summed E-state index contributed by atoms with van der Waals surface area (Å²) in [6.45, 7) is 3.06. The van der Waals surface area contributed by atoms with Gasteiger partial charge in [0.25, 0.3) is 0 Å². The molecule has 3 N–H and O–H groups in total. The Labute approximate surface area is 134 Å². The summed E-state index contributed by atoms with van der Waals surface area (Å²) in [4.78, 5) is 0. The molecule has 0 heterocycles. The molecule has 0 unspecified atom stereocenters. The van der Waals surface area contributed by atoms with Crippen LogP contribution >= 0.6 is 15.9 Å². The number of hydrogen-bond acceptors (Lipinski definition) is 2. The first kappa shape index (κ1) is 16.0. The van der Waals surface area contributed by atoms with E-state index in [0.29, 0.717) is 19.2 Å². The lowest BCUT2D eigenvalue weighted by atomic mass is 10.1. The van der Waals surface area contributed by atoms with Crippen molar-refractivity contribution in [3.8, 4) is 5.75 Å². The Kier molecular flexibility index (Phi) is 6.23. The number of benzene rings is 2. The van der Waals surface area contributed by atoms with Crippen molar-refractivity contribution >= 4 is 15.9 Å². The quantitative estimate of drug-likeness (QED) is 0.805. The molecule has 0 spiro atoms. The van der Waals surface area contributed by atoms with E-state index in [0.717, 1.165) is 10.2 Å². The van der Waals surface area contributed by atoms with Crippen LogP contribution in [0.4, 0.5) is 0 Å². The molecule has 0 fully saturated rings. The zero-order valence-corrected chi connectivity index (χ0v) is 13.7. The molecule has 4 heteroatoms. The van der Waals surface area contributed by atoms with Crippen molar-refractivity contribution in [2.75, 3.05) is 13.2 Å². The number of rotatable bonds is 7. The second kappa shape index (κ2) is 8.17. The fourth-order valence-electron chi connectivity index (χ4n) is 2.05. The van der Waals surface area contributed by atoms with Gasteiger partial charge in [-0.3, -0.25) is 0 Å².